The van der Waals surface area contributed by atoms with Gasteiger partial charge < -0.3 is 4.90 Å². The third-order valence-corrected chi connectivity index (χ3v) is 5.53. The molecule has 0 radical (unpaired) electrons. The zero-order valence-electron chi connectivity index (χ0n) is 15.1. The molecule has 3 aromatic rings. The van der Waals surface area contributed by atoms with Crippen molar-refractivity contribution in [1.29, 1.82) is 0 Å². The van der Waals surface area contributed by atoms with Gasteiger partial charge in [0.25, 0.3) is 5.91 Å². The fourth-order valence-electron chi connectivity index (χ4n) is 2.66. The Balaban J connectivity index is 1.82. The largest absolute Gasteiger partial charge is 0.335 e. The first-order chi connectivity index (χ1) is 12.8. The first-order valence-corrected chi connectivity index (χ1v) is 10.1. The summed E-state index contributed by atoms with van der Waals surface area (Å²) in [6, 6.07) is 13.3. The van der Waals surface area contributed by atoms with Gasteiger partial charge in [-0.25, -0.2) is 13.1 Å². The zero-order valence-corrected chi connectivity index (χ0v) is 16.0. The molecule has 0 saturated carbocycles. The zero-order chi connectivity index (χ0) is 19.6. The van der Waals surface area contributed by atoms with E-state index in [0.717, 1.165) is 5.56 Å². The number of nitrogens with zero attached hydrogens (tertiary/aromatic N) is 5. The minimum absolute atomic E-state index is 0.162. The predicted molar refractivity (Wildman–Crippen MR) is 99.2 cm³/mol. The van der Waals surface area contributed by atoms with Crippen LogP contribution in [-0.2, 0) is 9.84 Å². The van der Waals surface area contributed by atoms with Crippen LogP contribution in [-0.4, -0.2) is 52.7 Å². The average molecular weight is 385 g/mol. The van der Waals surface area contributed by atoms with E-state index in [1.165, 1.54) is 17.3 Å². The highest BCUT2D eigenvalue weighted by molar-refractivity contribution is 7.90. The van der Waals surface area contributed by atoms with E-state index in [4.69, 9.17) is 0 Å². The standard InChI is InChI=1S/C18H19N5O3S/c1-13(14-7-9-17(10-8-14)27(3,25)26)22(2)18(24)15-5-4-6-16(11-15)23-12-19-20-21-23/h4-13H,1-3H3. The molecule has 0 aliphatic carbocycles. The molecule has 0 fully saturated rings. The van der Waals surface area contributed by atoms with Gasteiger partial charge >= 0.3 is 0 Å². The summed E-state index contributed by atoms with van der Waals surface area (Å²) in [4.78, 5) is 14.7. The van der Waals surface area contributed by atoms with Crippen molar-refractivity contribution in [2.45, 2.75) is 17.9 Å². The molecule has 0 bridgehead atoms. The summed E-state index contributed by atoms with van der Waals surface area (Å²) in [6.07, 6.45) is 2.62. The summed E-state index contributed by atoms with van der Waals surface area (Å²) in [5.74, 6) is -0.162. The van der Waals surface area contributed by atoms with E-state index in [0.29, 0.717) is 11.3 Å². The predicted octanol–water partition coefficient (Wildman–Crippen LogP) is 1.90. The summed E-state index contributed by atoms with van der Waals surface area (Å²) in [7, 11) is -1.54. The maximum absolute atomic E-state index is 12.9. The smallest absolute Gasteiger partial charge is 0.254 e. The fraction of sp³-hybridized carbons (Fsp3) is 0.222. The summed E-state index contributed by atoms with van der Waals surface area (Å²) in [5, 5.41) is 11.0. The molecular formula is C18H19N5O3S. The number of hydrogen-bond donors (Lipinski definition) is 0. The minimum Gasteiger partial charge on any atom is -0.335 e. The molecule has 1 heterocycles. The summed E-state index contributed by atoms with van der Waals surface area (Å²) in [6.45, 7) is 1.89. The van der Waals surface area contributed by atoms with E-state index < -0.39 is 9.84 Å². The van der Waals surface area contributed by atoms with Crippen LogP contribution < -0.4 is 0 Å². The molecule has 0 aliphatic heterocycles. The average Bonchev–Trinajstić information content (AvgIpc) is 3.20. The SMILES string of the molecule is CC(c1ccc(S(C)(=O)=O)cc1)N(C)C(=O)c1cccc(-n2cnnn2)c1. The number of carbonyl (C=O) groups excluding carboxylic acids is 1. The molecule has 0 N–H and O–H groups in total. The Hall–Kier alpha value is -3.07. The Labute approximate surface area is 157 Å². The Kier molecular flexibility index (Phi) is 5.04. The lowest BCUT2D eigenvalue weighted by Crippen LogP contribution is -2.29. The van der Waals surface area contributed by atoms with Crippen LogP contribution in [0.2, 0.25) is 0 Å². The fourth-order valence-corrected chi connectivity index (χ4v) is 3.29. The third kappa shape index (κ3) is 4.03. The van der Waals surface area contributed by atoms with E-state index in [2.05, 4.69) is 15.5 Å². The van der Waals surface area contributed by atoms with Crippen molar-refractivity contribution in [2.24, 2.45) is 0 Å². The van der Waals surface area contributed by atoms with Gasteiger partial charge in [-0.15, -0.1) is 5.10 Å². The van der Waals surface area contributed by atoms with Crippen LogP contribution in [0.15, 0.2) is 59.8 Å². The Bertz CT molecular complexity index is 1050. The summed E-state index contributed by atoms with van der Waals surface area (Å²) >= 11 is 0. The molecule has 0 aliphatic rings. The number of benzene rings is 2. The minimum atomic E-state index is -3.25. The molecule has 1 aromatic heterocycles. The summed E-state index contributed by atoms with van der Waals surface area (Å²) < 4.78 is 24.7. The van der Waals surface area contributed by atoms with Crippen LogP contribution in [0.3, 0.4) is 0 Å². The van der Waals surface area contributed by atoms with Gasteiger partial charge in [-0.2, -0.15) is 0 Å². The van der Waals surface area contributed by atoms with E-state index in [1.54, 1.807) is 60.5 Å². The number of hydrogen-bond acceptors (Lipinski definition) is 6. The maximum atomic E-state index is 12.9. The van der Waals surface area contributed by atoms with Crippen molar-refractivity contribution in [3.05, 3.63) is 66.0 Å². The molecule has 1 unspecified atom stereocenters. The molecule has 1 amide bonds. The molecule has 0 saturated heterocycles. The van der Waals surface area contributed by atoms with Crippen LogP contribution >= 0.6 is 0 Å². The van der Waals surface area contributed by atoms with Gasteiger partial charge in [-0.3, -0.25) is 4.79 Å². The Morgan fingerprint density at radius 1 is 1.15 bits per heavy atom. The van der Waals surface area contributed by atoms with Crippen molar-refractivity contribution in [3.8, 4) is 5.69 Å². The summed E-state index contributed by atoms with van der Waals surface area (Å²) in [5.41, 5.74) is 2.03. The maximum Gasteiger partial charge on any atom is 0.254 e. The van der Waals surface area contributed by atoms with Gasteiger partial charge in [0.15, 0.2) is 9.84 Å². The highest BCUT2D eigenvalue weighted by Gasteiger charge is 2.20. The van der Waals surface area contributed by atoms with Gasteiger partial charge in [-0.1, -0.05) is 18.2 Å². The van der Waals surface area contributed by atoms with Gasteiger partial charge in [0, 0.05) is 18.9 Å². The van der Waals surface area contributed by atoms with Gasteiger partial charge in [0.1, 0.15) is 6.33 Å². The topological polar surface area (TPSA) is 98.1 Å². The van der Waals surface area contributed by atoms with Crippen molar-refractivity contribution >= 4 is 15.7 Å². The Morgan fingerprint density at radius 3 is 2.44 bits per heavy atom. The number of rotatable bonds is 5. The number of tetrazole rings is 1. The normalized spacial score (nSPS) is 12.6. The molecule has 27 heavy (non-hydrogen) atoms. The second-order valence-electron chi connectivity index (χ2n) is 6.24. The third-order valence-electron chi connectivity index (χ3n) is 4.40. The van der Waals surface area contributed by atoms with Crippen LogP contribution in [0, 0.1) is 0 Å². The Morgan fingerprint density at radius 2 is 1.85 bits per heavy atom. The molecule has 0 spiro atoms. The molecule has 1 atom stereocenters. The quantitative estimate of drug-likeness (QED) is 0.665. The highest BCUT2D eigenvalue weighted by Crippen LogP contribution is 2.23. The van der Waals surface area contributed by atoms with Crippen LogP contribution in [0.1, 0.15) is 28.9 Å². The highest BCUT2D eigenvalue weighted by atomic mass is 32.2. The van der Waals surface area contributed by atoms with Crippen LogP contribution in [0.25, 0.3) is 5.69 Å². The molecule has 9 heteroatoms. The lowest BCUT2D eigenvalue weighted by molar-refractivity contribution is 0.0742. The lowest BCUT2D eigenvalue weighted by Gasteiger charge is -2.25. The first-order valence-electron chi connectivity index (χ1n) is 8.18. The van der Waals surface area contributed by atoms with Gasteiger partial charge in [0.2, 0.25) is 0 Å². The monoisotopic (exact) mass is 385 g/mol. The molecule has 3 rings (SSSR count). The molecule has 2 aromatic carbocycles. The van der Waals surface area contributed by atoms with Crippen molar-refractivity contribution in [3.63, 3.8) is 0 Å². The lowest BCUT2D eigenvalue weighted by atomic mass is 10.1. The molecule has 8 nitrogen and oxygen atoms in total. The second-order valence-corrected chi connectivity index (χ2v) is 8.25. The van der Waals surface area contributed by atoms with E-state index in [1.807, 2.05) is 6.92 Å². The van der Waals surface area contributed by atoms with Crippen molar-refractivity contribution in [1.82, 2.24) is 25.1 Å². The number of aromatic nitrogens is 4. The second kappa shape index (κ2) is 7.28. The van der Waals surface area contributed by atoms with Gasteiger partial charge in [-0.05, 0) is 53.2 Å². The molecular weight excluding hydrogens is 366 g/mol. The van der Waals surface area contributed by atoms with E-state index >= 15 is 0 Å². The number of amides is 1. The van der Waals surface area contributed by atoms with Gasteiger partial charge in [0.05, 0.1) is 16.6 Å². The molecule has 140 valence electrons. The van der Waals surface area contributed by atoms with E-state index in [-0.39, 0.29) is 16.8 Å². The number of carbonyl (C=O) groups is 1. The van der Waals surface area contributed by atoms with Crippen LogP contribution in [0.5, 0.6) is 0 Å². The van der Waals surface area contributed by atoms with Crippen molar-refractivity contribution < 1.29 is 13.2 Å². The van der Waals surface area contributed by atoms with E-state index in [9.17, 15) is 13.2 Å². The first kappa shape index (κ1) is 18.7. The van der Waals surface area contributed by atoms with Crippen LogP contribution in [0.4, 0.5) is 0 Å². The van der Waals surface area contributed by atoms with Crippen molar-refractivity contribution in [2.75, 3.05) is 13.3 Å². The number of sulfone groups is 1.